The lowest BCUT2D eigenvalue weighted by atomic mass is 10.3. The van der Waals surface area contributed by atoms with Gasteiger partial charge >= 0.3 is 12.0 Å². The first-order chi connectivity index (χ1) is 8.18. The zero-order valence-corrected chi connectivity index (χ0v) is 9.18. The van der Waals surface area contributed by atoms with Crippen molar-refractivity contribution >= 4 is 12.0 Å². The van der Waals surface area contributed by atoms with Crippen LogP contribution in [-0.4, -0.2) is 40.3 Å². The van der Waals surface area contributed by atoms with Crippen LogP contribution in [0.4, 0.5) is 4.79 Å². The Kier molecular flexibility index (Phi) is 5.49. The van der Waals surface area contributed by atoms with Crippen LogP contribution in [0.15, 0.2) is 10.9 Å². The first-order valence-electron chi connectivity index (χ1n) is 5.17. The zero-order chi connectivity index (χ0) is 12.5. The van der Waals surface area contributed by atoms with Gasteiger partial charge in [-0.15, -0.1) is 0 Å². The highest BCUT2D eigenvalue weighted by atomic mass is 16.5. The van der Waals surface area contributed by atoms with Crippen LogP contribution in [0.1, 0.15) is 18.7 Å². The van der Waals surface area contributed by atoms with Gasteiger partial charge in [-0.3, -0.25) is 4.79 Å². The number of amides is 2. The van der Waals surface area contributed by atoms with Crippen molar-refractivity contribution in [2.24, 2.45) is 0 Å². The van der Waals surface area contributed by atoms with Crippen molar-refractivity contribution < 1.29 is 19.2 Å². The predicted molar refractivity (Wildman–Crippen MR) is 56.3 cm³/mol. The molecule has 0 spiro atoms. The summed E-state index contributed by atoms with van der Waals surface area (Å²) in [4.78, 5) is 25.2. The first kappa shape index (κ1) is 12.9. The second-order valence-electron chi connectivity index (χ2n) is 3.28. The Morgan fingerprint density at radius 1 is 1.35 bits per heavy atom. The molecule has 0 fully saturated rings. The Balaban J connectivity index is 1.99. The van der Waals surface area contributed by atoms with Gasteiger partial charge in [-0.05, 0) is 6.42 Å². The van der Waals surface area contributed by atoms with E-state index in [9.17, 15) is 9.59 Å². The number of hydrogen-bond donors (Lipinski definition) is 3. The molecule has 0 saturated carbocycles. The van der Waals surface area contributed by atoms with E-state index in [2.05, 4.69) is 25.3 Å². The average molecular weight is 242 g/mol. The van der Waals surface area contributed by atoms with Crippen molar-refractivity contribution in [1.82, 2.24) is 20.8 Å². The number of hydrogen-bond acceptors (Lipinski definition) is 5. The van der Waals surface area contributed by atoms with Gasteiger partial charge in [0.1, 0.15) is 0 Å². The molecule has 3 N–H and O–H groups in total. The monoisotopic (exact) mass is 242 g/mol. The smallest absolute Gasteiger partial charge is 0.314 e. The lowest BCUT2D eigenvalue weighted by Gasteiger charge is -2.05. The third-order valence-corrected chi connectivity index (χ3v) is 1.89. The fraction of sp³-hybridized carbons (Fsp3) is 0.556. The lowest BCUT2D eigenvalue weighted by molar-refractivity contribution is -0.137. The molecular formula is C9H14N4O4. The van der Waals surface area contributed by atoms with Gasteiger partial charge < -0.3 is 20.3 Å². The van der Waals surface area contributed by atoms with E-state index in [-0.39, 0.29) is 12.5 Å². The molecule has 0 aliphatic rings. The van der Waals surface area contributed by atoms with Crippen LogP contribution in [0.25, 0.3) is 0 Å². The van der Waals surface area contributed by atoms with Crippen LogP contribution in [0.3, 0.4) is 0 Å². The van der Waals surface area contributed by atoms with Crippen LogP contribution in [0, 0.1) is 0 Å². The molecule has 0 aromatic carbocycles. The summed E-state index contributed by atoms with van der Waals surface area (Å²) in [5.74, 6) is -0.347. The van der Waals surface area contributed by atoms with Gasteiger partial charge in [0.15, 0.2) is 5.82 Å². The van der Waals surface area contributed by atoms with Gasteiger partial charge in [-0.1, -0.05) is 5.16 Å². The summed E-state index contributed by atoms with van der Waals surface area (Å²) in [6.07, 6.45) is 2.16. The third-order valence-electron chi connectivity index (χ3n) is 1.89. The Morgan fingerprint density at radius 3 is 2.76 bits per heavy atom. The maximum atomic E-state index is 11.2. The number of carboxylic acid groups (broad SMARTS) is 1. The maximum absolute atomic E-state index is 11.2. The number of nitrogens with zero attached hydrogens (tertiary/aromatic N) is 2. The number of carbonyl (C=O) groups is 2. The van der Waals surface area contributed by atoms with E-state index >= 15 is 0 Å². The Morgan fingerprint density at radius 2 is 2.12 bits per heavy atom. The number of carboxylic acids is 1. The third kappa shape index (κ3) is 6.13. The topological polar surface area (TPSA) is 117 Å². The predicted octanol–water partition coefficient (Wildman–Crippen LogP) is -0.224. The summed E-state index contributed by atoms with van der Waals surface area (Å²) in [6, 6.07) is -0.334. The van der Waals surface area contributed by atoms with E-state index in [4.69, 9.17) is 5.11 Å². The summed E-state index contributed by atoms with van der Waals surface area (Å²) >= 11 is 0. The fourth-order valence-electron chi connectivity index (χ4n) is 1.09. The SMILES string of the molecule is O=C(O)CCCNC(=O)NCCc1ncon1. The van der Waals surface area contributed by atoms with Gasteiger partial charge in [0.25, 0.3) is 0 Å². The highest BCUT2D eigenvalue weighted by molar-refractivity contribution is 5.73. The minimum Gasteiger partial charge on any atom is -0.481 e. The highest BCUT2D eigenvalue weighted by Gasteiger charge is 2.02. The number of carbonyl (C=O) groups excluding carboxylic acids is 1. The summed E-state index contributed by atoms with van der Waals surface area (Å²) in [5, 5.41) is 17.1. The van der Waals surface area contributed by atoms with Crippen LogP contribution in [-0.2, 0) is 11.2 Å². The van der Waals surface area contributed by atoms with Crippen LogP contribution >= 0.6 is 0 Å². The maximum Gasteiger partial charge on any atom is 0.314 e. The molecule has 0 bridgehead atoms. The van der Waals surface area contributed by atoms with Gasteiger partial charge in [0.05, 0.1) is 0 Å². The standard InChI is InChI=1S/C9H14N4O4/c14-8(15)2-1-4-10-9(16)11-5-3-7-12-6-17-13-7/h6H,1-5H2,(H,14,15)(H2,10,11,16). The van der Waals surface area contributed by atoms with Crippen molar-refractivity contribution in [2.75, 3.05) is 13.1 Å². The molecule has 0 unspecified atom stereocenters. The molecule has 0 aliphatic heterocycles. The van der Waals surface area contributed by atoms with Crippen LogP contribution in [0.5, 0.6) is 0 Å². The van der Waals surface area contributed by atoms with Gasteiger partial charge in [0, 0.05) is 25.9 Å². The summed E-state index contributed by atoms with van der Waals surface area (Å²) in [7, 11) is 0. The molecule has 0 saturated heterocycles. The minimum atomic E-state index is -0.871. The average Bonchev–Trinajstić information content (AvgIpc) is 2.77. The van der Waals surface area contributed by atoms with E-state index < -0.39 is 5.97 Å². The number of nitrogens with one attached hydrogen (secondary N) is 2. The van der Waals surface area contributed by atoms with E-state index in [1.54, 1.807) is 0 Å². The van der Waals surface area contributed by atoms with Crippen molar-refractivity contribution in [1.29, 1.82) is 0 Å². The molecule has 1 aromatic heterocycles. The molecule has 2 amide bonds. The normalized spacial score (nSPS) is 9.88. The lowest BCUT2D eigenvalue weighted by Crippen LogP contribution is -2.37. The minimum absolute atomic E-state index is 0.0448. The van der Waals surface area contributed by atoms with Crippen molar-refractivity contribution in [3.63, 3.8) is 0 Å². The molecular weight excluding hydrogens is 228 g/mol. The van der Waals surface area contributed by atoms with E-state index in [0.29, 0.717) is 31.8 Å². The van der Waals surface area contributed by atoms with Gasteiger partial charge in [0.2, 0.25) is 6.39 Å². The molecule has 0 atom stereocenters. The van der Waals surface area contributed by atoms with Crippen LogP contribution in [0.2, 0.25) is 0 Å². The summed E-state index contributed by atoms with van der Waals surface area (Å²) in [6.45, 7) is 0.727. The van der Waals surface area contributed by atoms with E-state index in [1.165, 1.54) is 6.39 Å². The van der Waals surface area contributed by atoms with Crippen molar-refractivity contribution in [2.45, 2.75) is 19.3 Å². The van der Waals surface area contributed by atoms with Gasteiger partial charge in [-0.2, -0.15) is 4.98 Å². The molecule has 0 radical (unpaired) electrons. The summed E-state index contributed by atoms with van der Waals surface area (Å²) < 4.78 is 4.53. The zero-order valence-electron chi connectivity index (χ0n) is 9.18. The number of aliphatic carboxylic acids is 1. The van der Waals surface area contributed by atoms with E-state index in [1.807, 2.05) is 0 Å². The largest absolute Gasteiger partial charge is 0.481 e. The fourth-order valence-corrected chi connectivity index (χ4v) is 1.09. The molecule has 8 nitrogen and oxygen atoms in total. The van der Waals surface area contributed by atoms with Gasteiger partial charge in [-0.25, -0.2) is 4.79 Å². The second kappa shape index (κ2) is 7.20. The highest BCUT2D eigenvalue weighted by Crippen LogP contribution is 1.88. The molecule has 94 valence electrons. The molecule has 0 aliphatic carbocycles. The number of aromatic nitrogens is 2. The number of urea groups is 1. The first-order valence-corrected chi connectivity index (χ1v) is 5.17. The molecule has 1 aromatic rings. The Hall–Kier alpha value is -2.12. The van der Waals surface area contributed by atoms with Crippen molar-refractivity contribution in [3.05, 3.63) is 12.2 Å². The Labute approximate surface area is 97.4 Å². The quantitative estimate of drug-likeness (QED) is 0.569. The van der Waals surface area contributed by atoms with Crippen molar-refractivity contribution in [3.8, 4) is 0 Å². The van der Waals surface area contributed by atoms with E-state index in [0.717, 1.165) is 0 Å². The molecule has 1 heterocycles. The number of rotatable bonds is 7. The second-order valence-corrected chi connectivity index (χ2v) is 3.28. The molecule has 8 heteroatoms. The molecule has 1 rings (SSSR count). The summed E-state index contributed by atoms with van der Waals surface area (Å²) in [5.41, 5.74) is 0. The Bertz CT molecular complexity index is 352. The van der Waals surface area contributed by atoms with Crippen LogP contribution < -0.4 is 10.6 Å². The molecule has 17 heavy (non-hydrogen) atoms.